The van der Waals surface area contributed by atoms with Gasteiger partial charge in [-0.3, -0.25) is 19.0 Å². The molecule has 0 unspecified atom stereocenters. The molecule has 3 aromatic rings. The minimum atomic E-state index is -0.425. The molecule has 1 N–H and O–H groups in total. The van der Waals surface area contributed by atoms with Gasteiger partial charge in [-0.15, -0.1) is 11.3 Å². The Labute approximate surface area is 151 Å². The molecule has 0 fully saturated rings. The average Bonchev–Trinajstić information content (AvgIpc) is 3.08. The summed E-state index contributed by atoms with van der Waals surface area (Å²) in [6.45, 7) is -0.406. The molecule has 2 heterocycles. The van der Waals surface area contributed by atoms with Crippen molar-refractivity contribution in [2.24, 2.45) is 0 Å². The number of likely N-dealkylation sites (N-methyl/N-ethyl adjacent to an activating group) is 1. The molecule has 134 valence electrons. The molecule has 2 aromatic heterocycles. The summed E-state index contributed by atoms with van der Waals surface area (Å²) in [7, 11) is 1.47. The number of thiophene rings is 1. The monoisotopic (exact) mass is 374 g/mol. The maximum Gasteiger partial charge on any atom is 0.262 e. The third-order valence-corrected chi connectivity index (χ3v) is 4.51. The molecule has 26 heavy (non-hydrogen) atoms. The van der Waals surface area contributed by atoms with Gasteiger partial charge in [-0.25, -0.2) is 9.37 Å². The van der Waals surface area contributed by atoms with Crippen molar-refractivity contribution >= 4 is 39.1 Å². The highest BCUT2D eigenvalue weighted by Gasteiger charge is 2.15. The first kappa shape index (κ1) is 17.7. The van der Waals surface area contributed by atoms with Crippen LogP contribution < -0.4 is 10.9 Å². The lowest BCUT2D eigenvalue weighted by Gasteiger charge is -2.17. The second-order valence-corrected chi connectivity index (χ2v) is 6.52. The predicted molar refractivity (Wildman–Crippen MR) is 96.5 cm³/mol. The van der Waals surface area contributed by atoms with E-state index in [1.807, 2.05) is 0 Å². The van der Waals surface area contributed by atoms with E-state index in [1.165, 1.54) is 58.4 Å². The van der Waals surface area contributed by atoms with Crippen LogP contribution in [0.1, 0.15) is 0 Å². The lowest BCUT2D eigenvalue weighted by molar-refractivity contribution is -0.133. The fraction of sp³-hybridized carbons (Fsp3) is 0.176. The van der Waals surface area contributed by atoms with Crippen LogP contribution in [-0.2, 0) is 16.1 Å². The van der Waals surface area contributed by atoms with Crippen LogP contribution in [0.3, 0.4) is 0 Å². The molecule has 0 aliphatic rings. The third kappa shape index (κ3) is 3.94. The molecule has 0 aliphatic heterocycles. The van der Waals surface area contributed by atoms with Crippen molar-refractivity contribution in [1.82, 2.24) is 14.5 Å². The normalized spacial score (nSPS) is 10.7. The second kappa shape index (κ2) is 7.44. The van der Waals surface area contributed by atoms with E-state index in [0.29, 0.717) is 15.9 Å². The maximum atomic E-state index is 12.9. The summed E-state index contributed by atoms with van der Waals surface area (Å²) in [5, 5.41) is 4.79. The number of hydrogen-bond donors (Lipinski definition) is 1. The lowest BCUT2D eigenvalue weighted by atomic mass is 10.3. The number of nitrogens with one attached hydrogen (secondary N) is 1. The number of hydrogen-bond acceptors (Lipinski definition) is 5. The molecule has 0 saturated heterocycles. The largest absolute Gasteiger partial charge is 0.335 e. The minimum Gasteiger partial charge on any atom is -0.335 e. The number of anilines is 1. The van der Waals surface area contributed by atoms with E-state index in [2.05, 4.69) is 10.3 Å². The van der Waals surface area contributed by atoms with E-state index < -0.39 is 17.6 Å². The zero-order valence-electron chi connectivity index (χ0n) is 13.8. The zero-order valence-corrected chi connectivity index (χ0v) is 14.6. The SMILES string of the molecule is CN(CC(=O)Nc1ccc(F)cc1)C(=O)Cn1cnc2sccc2c1=O. The van der Waals surface area contributed by atoms with Crippen molar-refractivity contribution in [1.29, 1.82) is 0 Å². The molecular formula is C17H15FN4O3S. The smallest absolute Gasteiger partial charge is 0.262 e. The van der Waals surface area contributed by atoms with Gasteiger partial charge in [0.25, 0.3) is 5.56 Å². The van der Waals surface area contributed by atoms with Crippen molar-refractivity contribution in [3.05, 3.63) is 58.2 Å². The van der Waals surface area contributed by atoms with E-state index in [1.54, 1.807) is 11.4 Å². The van der Waals surface area contributed by atoms with E-state index in [4.69, 9.17) is 0 Å². The maximum absolute atomic E-state index is 12.9. The van der Waals surface area contributed by atoms with E-state index in [-0.39, 0.29) is 18.6 Å². The summed E-state index contributed by atoms with van der Waals surface area (Å²) in [5.41, 5.74) is 0.134. The number of nitrogens with zero attached hydrogens (tertiary/aromatic N) is 3. The fourth-order valence-electron chi connectivity index (χ4n) is 2.31. The van der Waals surface area contributed by atoms with E-state index in [9.17, 15) is 18.8 Å². The molecule has 7 nitrogen and oxygen atoms in total. The highest BCUT2D eigenvalue weighted by molar-refractivity contribution is 7.16. The number of fused-ring (bicyclic) bond motifs is 1. The van der Waals surface area contributed by atoms with Crippen LogP contribution in [0.2, 0.25) is 0 Å². The van der Waals surface area contributed by atoms with Gasteiger partial charge in [0.2, 0.25) is 11.8 Å². The van der Waals surface area contributed by atoms with E-state index >= 15 is 0 Å². The van der Waals surface area contributed by atoms with Gasteiger partial charge >= 0.3 is 0 Å². The number of halogens is 1. The standard InChI is InChI=1S/C17H15FN4O3S/c1-21(8-14(23)20-12-4-2-11(18)3-5-12)15(24)9-22-10-19-16-13(17(22)25)6-7-26-16/h2-7,10H,8-9H2,1H3,(H,20,23). The van der Waals surface area contributed by atoms with Crippen molar-refractivity contribution in [3.8, 4) is 0 Å². The van der Waals surface area contributed by atoms with Crippen LogP contribution in [0.4, 0.5) is 10.1 Å². The van der Waals surface area contributed by atoms with Gasteiger partial charge in [-0.2, -0.15) is 0 Å². The van der Waals surface area contributed by atoms with Gasteiger partial charge < -0.3 is 10.2 Å². The van der Waals surface area contributed by atoms with Crippen molar-refractivity contribution in [2.75, 3.05) is 18.9 Å². The molecule has 1 aromatic carbocycles. The number of carbonyl (C=O) groups excluding carboxylic acids is 2. The summed E-state index contributed by atoms with van der Waals surface area (Å²) >= 11 is 1.35. The Morgan fingerprint density at radius 1 is 1.27 bits per heavy atom. The Kier molecular flexibility index (Phi) is 5.08. The van der Waals surface area contributed by atoms with Crippen LogP contribution in [0.15, 0.2) is 46.8 Å². The van der Waals surface area contributed by atoms with Crippen LogP contribution in [0, 0.1) is 5.82 Å². The molecule has 0 saturated carbocycles. The van der Waals surface area contributed by atoms with Gasteiger partial charge in [-0.05, 0) is 35.7 Å². The predicted octanol–water partition coefficient (Wildman–Crippen LogP) is 1.69. The number of amides is 2. The summed E-state index contributed by atoms with van der Waals surface area (Å²) in [6, 6.07) is 6.97. The van der Waals surface area contributed by atoms with Crippen molar-refractivity contribution in [3.63, 3.8) is 0 Å². The highest BCUT2D eigenvalue weighted by atomic mass is 32.1. The second-order valence-electron chi connectivity index (χ2n) is 5.62. The van der Waals surface area contributed by atoms with Crippen LogP contribution in [0.25, 0.3) is 10.2 Å². The van der Waals surface area contributed by atoms with Gasteiger partial charge in [0.15, 0.2) is 0 Å². The number of carbonyl (C=O) groups is 2. The Morgan fingerprint density at radius 2 is 2.00 bits per heavy atom. The molecule has 0 atom stereocenters. The molecule has 0 spiro atoms. The Bertz CT molecular complexity index is 1010. The first-order valence-corrected chi connectivity index (χ1v) is 8.54. The summed E-state index contributed by atoms with van der Waals surface area (Å²) in [6.07, 6.45) is 1.32. The van der Waals surface area contributed by atoms with Gasteiger partial charge in [0.05, 0.1) is 18.3 Å². The van der Waals surface area contributed by atoms with Gasteiger partial charge in [-0.1, -0.05) is 0 Å². The molecule has 9 heteroatoms. The van der Waals surface area contributed by atoms with E-state index in [0.717, 1.165) is 0 Å². The minimum absolute atomic E-state index is 0.195. The number of aromatic nitrogens is 2. The third-order valence-electron chi connectivity index (χ3n) is 3.69. The van der Waals surface area contributed by atoms with Crippen molar-refractivity contribution in [2.45, 2.75) is 6.54 Å². The zero-order chi connectivity index (χ0) is 18.7. The average molecular weight is 374 g/mol. The van der Waals surface area contributed by atoms with Gasteiger partial charge in [0.1, 0.15) is 17.2 Å². The summed E-state index contributed by atoms with van der Waals surface area (Å²) in [4.78, 5) is 42.5. The molecular weight excluding hydrogens is 359 g/mol. The Morgan fingerprint density at radius 3 is 2.73 bits per heavy atom. The Hall–Kier alpha value is -3.07. The topological polar surface area (TPSA) is 84.3 Å². The highest BCUT2D eigenvalue weighted by Crippen LogP contribution is 2.13. The summed E-state index contributed by atoms with van der Waals surface area (Å²) in [5.74, 6) is -1.24. The summed E-state index contributed by atoms with van der Waals surface area (Å²) < 4.78 is 14.1. The van der Waals surface area contributed by atoms with Crippen LogP contribution >= 0.6 is 11.3 Å². The molecule has 3 rings (SSSR count). The first-order chi connectivity index (χ1) is 12.4. The molecule has 0 bridgehead atoms. The lowest BCUT2D eigenvalue weighted by Crippen LogP contribution is -2.38. The quantitative estimate of drug-likeness (QED) is 0.737. The Balaban J connectivity index is 1.61. The molecule has 0 aliphatic carbocycles. The van der Waals surface area contributed by atoms with Crippen molar-refractivity contribution < 1.29 is 14.0 Å². The fourth-order valence-corrected chi connectivity index (χ4v) is 3.03. The van der Waals surface area contributed by atoms with Crippen LogP contribution in [0.5, 0.6) is 0 Å². The van der Waals surface area contributed by atoms with Gasteiger partial charge in [0, 0.05) is 12.7 Å². The van der Waals surface area contributed by atoms with Crippen LogP contribution in [-0.4, -0.2) is 39.9 Å². The number of benzene rings is 1. The molecule has 2 amide bonds. The number of rotatable bonds is 5. The molecule has 0 radical (unpaired) electrons. The first-order valence-electron chi connectivity index (χ1n) is 7.66.